The Morgan fingerprint density at radius 3 is 2.52 bits per heavy atom. The van der Waals surface area contributed by atoms with Crippen LogP contribution in [-0.4, -0.2) is 38.9 Å². The van der Waals surface area contributed by atoms with E-state index in [0.29, 0.717) is 22.3 Å². The van der Waals surface area contributed by atoms with E-state index >= 15 is 0 Å². The van der Waals surface area contributed by atoms with Crippen LogP contribution < -0.4 is 5.32 Å². The maximum Gasteiger partial charge on any atom is 0.416 e. The summed E-state index contributed by atoms with van der Waals surface area (Å²) in [6.45, 7) is 2.29. The van der Waals surface area contributed by atoms with Crippen molar-refractivity contribution < 1.29 is 27.5 Å². The van der Waals surface area contributed by atoms with Crippen LogP contribution in [0.2, 0.25) is 0 Å². The molecule has 152 valence electrons. The number of benzene rings is 1. The van der Waals surface area contributed by atoms with E-state index in [9.17, 15) is 27.5 Å². The molecule has 29 heavy (non-hydrogen) atoms. The lowest BCUT2D eigenvalue weighted by molar-refractivity contribution is -0.137. The number of hydrogen-bond acceptors (Lipinski definition) is 4. The number of pyridine rings is 1. The topological polar surface area (TPSA) is 80.0 Å². The quantitative estimate of drug-likeness (QED) is 0.485. The molecule has 1 unspecified atom stereocenters. The summed E-state index contributed by atoms with van der Waals surface area (Å²) in [6.07, 6.45) is -2.96. The second-order valence-corrected chi connectivity index (χ2v) is 6.19. The zero-order valence-corrected chi connectivity index (χ0v) is 14.9. The van der Waals surface area contributed by atoms with E-state index in [1.807, 2.05) is 0 Å². The normalized spacial score (nSPS) is 12.7. The van der Waals surface area contributed by atoms with E-state index in [0.717, 1.165) is 12.1 Å². The number of alkyl halides is 3. The zero-order valence-electron chi connectivity index (χ0n) is 14.9. The fourth-order valence-corrected chi connectivity index (χ4v) is 2.79. The van der Waals surface area contributed by atoms with Gasteiger partial charge in [0.15, 0.2) is 11.5 Å². The van der Waals surface area contributed by atoms with Gasteiger partial charge in [0, 0.05) is 23.7 Å². The summed E-state index contributed by atoms with van der Waals surface area (Å²) >= 11 is 0. The van der Waals surface area contributed by atoms with Crippen molar-refractivity contribution in [1.82, 2.24) is 20.1 Å². The number of carbonyl (C=O) groups excluding carboxylic acids is 1. The van der Waals surface area contributed by atoms with Gasteiger partial charge in [-0.3, -0.25) is 4.79 Å². The van der Waals surface area contributed by atoms with Crippen molar-refractivity contribution in [2.24, 2.45) is 0 Å². The Morgan fingerprint density at radius 2 is 1.93 bits per heavy atom. The van der Waals surface area contributed by atoms with Gasteiger partial charge in [0.2, 0.25) is 0 Å². The monoisotopic (exact) mass is 408 g/mol. The van der Waals surface area contributed by atoms with Crippen molar-refractivity contribution in [2.45, 2.75) is 12.2 Å². The number of nitrogens with zero attached hydrogens (tertiary/aromatic N) is 3. The van der Waals surface area contributed by atoms with Gasteiger partial charge in [-0.1, -0.05) is 18.7 Å². The summed E-state index contributed by atoms with van der Waals surface area (Å²) in [5.41, 5.74) is 0.356. The molecule has 0 saturated carbocycles. The molecule has 0 aliphatic carbocycles. The third-order valence-electron chi connectivity index (χ3n) is 4.25. The Balaban J connectivity index is 2.00. The van der Waals surface area contributed by atoms with Gasteiger partial charge >= 0.3 is 6.18 Å². The fourth-order valence-electron chi connectivity index (χ4n) is 2.79. The minimum atomic E-state index is -4.46. The second-order valence-electron chi connectivity index (χ2n) is 6.19. The first-order valence-electron chi connectivity index (χ1n) is 8.46. The highest BCUT2D eigenvalue weighted by Crippen LogP contribution is 2.33. The van der Waals surface area contributed by atoms with Crippen molar-refractivity contribution in [2.75, 3.05) is 13.2 Å². The molecule has 3 aromatic rings. The molecule has 0 saturated heterocycles. The number of carbonyl (C=O) groups is 1. The predicted molar refractivity (Wildman–Crippen MR) is 97.3 cm³/mol. The Bertz CT molecular complexity index is 1040. The molecular weight excluding hydrogens is 392 g/mol. The van der Waals surface area contributed by atoms with Crippen LogP contribution in [-0.2, 0) is 11.0 Å². The number of aromatic nitrogens is 3. The van der Waals surface area contributed by atoms with Crippen LogP contribution in [0.15, 0.2) is 55.0 Å². The van der Waals surface area contributed by atoms with Crippen molar-refractivity contribution in [3.63, 3.8) is 0 Å². The number of fused-ring (bicyclic) bond motifs is 1. The van der Waals surface area contributed by atoms with Gasteiger partial charge in [-0.25, -0.2) is 14.1 Å². The second kappa shape index (κ2) is 8.00. The number of aliphatic hydroxyl groups excluding tert-OH is 1. The molecule has 6 nitrogen and oxygen atoms in total. The molecule has 2 heterocycles. The molecule has 0 spiro atoms. The van der Waals surface area contributed by atoms with Crippen LogP contribution in [0.3, 0.4) is 0 Å². The Labute approximate surface area is 162 Å². The standard InChI is InChI=1S/C19H16F4N4O2/c1-11(20)18(29)25-9-14(10-28)27-17-15(3-2-8-24-17)16(26-27)12-4-6-13(7-5-12)19(21,22)23/h2-8,14,28H,1,9-10H2,(H,25,29). The van der Waals surface area contributed by atoms with Crippen LogP contribution >= 0.6 is 0 Å². The highest BCUT2D eigenvalue weighted by atomic mass is 19.4. The van der Waals surface area contributed by atoms with E-state index in [-0.39, 0.29) is 6.54 Å². The summed E-state index contributed by atoms with van der Waals surface area (Å²) in [5, 5.41) is 16.9. The summed E-state index contributed by atoms with van der Waals surface area (Å²) in [5.74, 6) is -2.19. The smallest absolute Gasteiger partial charge is 0.394 e. The minimum absolute atomic E-state index is 0.155. The van der Waals surface area contributed by atoms with Crippen LogP contribution in [0, 0.1) is 0 Å². The first-order chi connectivity index (χ1) is 13.7. The third kappa shape index (κ3) is 4.27. The lowest BCUT2D eigenvalue weighted by atomic mass is 10.1. The lowest BCUT2D eigenvalue weighted by Gasteiger charge is -2.16. The summed E-state index contributed by atoms with van der Waals surface area (Å²) < 4.78 is 52.7. The number of hydrogen-bond donors (Lipinski definition) is 2. The Kier molecular flexibility index (Phi) is 5.64. The van der Waals surface area contributed by atoms with Crippen LogP contribution in [0.5, 0.6) is 0 Å². The van der Waals surface area contributed by atoms with Gasteiger partial charge < -0.3 is 10.4 Å². The molecule has 2 N–H and O–H groups in total. The average molecular weight is 408 g/mol. The van der Waals surface area contributed by atoms with Crippen molar-refractivity contribution in [1.29, 1.82) is 0 Å². The van der Waals surface area contributed by atoms with Gasteiger partial charge in [-0.2, -0.15) is 18.3 Å². The van der Waals surface area contributed by atoms with Gasteiger partial charge in [-0.15, -0.1) is 0 Å². The maximum atomic E-state index is 12.9. The molecule has 1 aromatic carbocycles. The Morgan fingerprint density at radius 1 is 1.24 bits per heavy atom. The molecule has 1 atom stereocenters. The van der Waals surface area contributed by atoms with Gasteiger partial charge in [0.1, 0.15) is 5.69 Å². The molecule has 0 aliphatic heterocycles. The third-order valence-corrected chi connectivity index (χ3v) is 4.25. The highest BCUT2D eigenvalue weighted by molar-refractivity contribution is 5.91. The first-order valence-corrected chi connectivity index (χ1v) is 8.46. The van der Waals surface area contributed by atoms with Crippen molar-refractivity contribution in [3.8, 4) is 11.3 Å². The number of rotatable bonds is 6. The number of nitrogens with one attached hydrogen (secondary N) is 1. The van der Waals surface area contributed by atoms with Crippen molar-refractivity contribution >= 4 is 16.9 Å². The van der Waals surface area contributed by atoms with Gasteiger partial charge in [0.05, 0.1) is 18.2 Å². The maximum absolute atomic E-state index is 12.9. The largest absolute Gasteiger partial charge is 0.416 e. The molecule has 0 aliphatic rings. The molecule has 0 radical (unpaired) electrons. The summed E-state index contributed by atoms with van der Waals surface area (Å²) in [7, 11) is 0. The molecule has 2 aromatic heterocycles. The molecular formula is C19H16F4N4O2. The molecule has 0 fully saturated rings. The average Bonchev–Trinajstić information content (AvgIpc) is 3.07. The number of aliphatic hydroxyl groups is 1. The molecule has 3 rings (SSSR count). The van der Waals surface area contributed by atoms with Gasteiger partial charge in [0.25, 0.3) is 5.91 Å². The Hall–Kier alpha value is -3.27. The fraction of sp³-hybridized carbons (Fsp3) is 0.211. The molecule has 0 bridgehead atoms. The van der Waals surface area contributed by atoms with Crippen LogP contribution in [0.25, 0.3) is 22.3 Å². The van der Waals surface area contributed by atoms with Crippen molar-refractivity contribution in [3.05, 3.63) is 60.6 Å². The van der Waals surface area contributed by atoms with Gasteiger partial charge in [-0.05, 0) is 24.3 Å². The SMILES string of the molecule is C=C(F)C(=O)NCC(CO)n1nc(-c2ccc(C(F)(F)F)cc2)c2cccnc21. The van der Waals surface area contributed by atoms with Crippen LogP contribution in [0.4, 0.5) is 17.6 Å². The van der Waals surface area contributed by atoms with E-state index < -0.39 is 36.1 Å². The first kappa shape index (κ1) is 20.5. The van der Waals surface area contributed by atoms with Crippen LogP contribution in [0.1, 0.15) is 11.6 Å². The predicted octanol–water partition coefficient (Wildman–Crippen LogP) is 3.25. The highest BCUT2D eigenvalue weighted by Gasteiger charge is 2.30. The van der Waals surface area contributed by atoms with E-state index in [1.165, 1.54) is 23.0 Å². The number of halogens is 4. The number of amides is 1. The minimum Gasteiger partial charge on any atom is -0.394 e. The summed E-state index contributed by atoms with van der Waals surface area (Å²) in [6, 6.07) is 7.05. The lowest BCUT2D eigenvalue weighted by Crippen LogP contribution is -2.33. The molecule has 1 amide bonds. The van der Waals surface area contributed by atoms with E-state index in [1.54, 1.807) is 12.1 Å². The van der Waals surface area contributed by atoms with E-state index in [4.69, 9.17) is 0 Å². The van der Waals surface area contributed by atoms with E-state index in [2.05, 4.69) is 22.0 Å². The molecule has 10 heteroatoms. The zero-order chi connectivity index (χ0) is 21.2. The summed E-state index contributed by atoms with van der Waals surface area (Å²) in [4.78, 5) is 15.6.